The number of hydrogen-bond acceptors (Lipinski definition) is 5. The van der Waals surface area contributed by atoms with Crippen molar-refractivity contribution in [3.05, 3.63) is 41.2 Å². The highest BCUT2D eigenvalue weighted by Gasteiger charge is 2.43. The van der Waals surface area contributed by atoms with Gasteiger partial charge in [0.05, 0.1) is 6.04 Å². The number of benzene rings is 1. The highest BCUT2D eigenvalue weighted by atomic mass is 32.2. The number of carbonyl (C=O) groups excluding carboxylic acids is 1. The van der Waals surface area contributed by atoms with E-state index in [2.05, 4.69) is 60.0 Å². The molecule has 144 valence electrons. The second kappa shape index (κ2) is 7.40. The summed E-state index contributed by atoms with van der Waals surface area (Å²) >= 11 is 1.57. The predicted octanol–water partition coefficient (Wildman–Crippen LogP) is 4.30. The molecule has 0 radical (unpaired) electrons. The monoisotopic (exact) mass is 384 g/mol. The summed E-state index contributed by atoms with van der Waals surface area (Å²) in [5.74, 6) is 1.89. The van der Waals surface area contributed by atoms with Crippen LogP contribution in [0, 0.1) is 12.8 Å². The lowest BCUT2D eigenvalue weighted by Gasteiger charge is -2.39. The van der Waals surface area contributed by atoms with Gasteiger partial charge in [0, 0.05) is 6.54 Å². The van der Waals surface area contributed by atoms with Gasteiger partial charge in [-0.15, -0.1) is 5.10 Å². The Morgan fingerprint density at radius 1 is 1.19 bits per heavy atom. The van der Waals surface area contributed by atoms with Gasteiger partial charge in [-0.05, 0) is 49.3 Å². The normalized spacial score (nSPS) is 24.4. The summed E-state index contributed by atoms with van der Waals surface area (Å²) in [6, 6.07) is 8.92. The Bertz CT molecular complexity index is 829. The van der Waals surface area contributed by atoms with E-state index in [9.17, 15) is 4.79 Å². The zero-order valence-corrected chi connectivity index (χ0v) is 17.4. The third-order valence-corrected chi connectivity index (χ3v) is 6.87. The molecule has 0 aliphatic carbocycles. The molecule has 1 fully saturated rings. The highest BCUT2D eigenvalue weighted by Crippen LogP contribution is 2.42. The molecule has 3 atom stereocenters. The molecule has 0 spiro atoms. The molecule has 2 aliphatic rings. The van der Waals surface area contributed by atoms with Crippen LogP contribution >= 0.6 is 11.8 Å². The molecule has 3 heterocycles. The zero-order chi connectivity index (χ0) is 19.1. The van der Waals surface area contributed by atoms with E-state index in [0.29, 0.717) is 17.7 Å². The van der Waals surface area contributed by atoms with Gasteiger partial charge in [0.2, 0.25) is 0 Å². The molecular formula is C21H28N4OS. The van der Waals surface area contributed by atoms with Gasteiger partial charge < -0.3 is 0 Å². The first-order valence-corrected chi connectivity index (χ1v) is 10.8. The molecule has 6 heteroatoms. The molecule has 5 nitrogen and oxygen atoms in total. The van der Waals surface area contributed by atoms with Gasteiger partial charge in [-0.3, -0.25) is 9.69 Å². The summed E-state index contributed by atoms with van der Waals surface area (Å²) in [4.78, 5) is 20.1. The van der Waals surface area contributed by atoms with Crippen LogP contribution in [0.5, 0.6) is 0 Å². The number of fused-ring (bicyclic) bond motifs is 1. The standard InChI is InChI=1S/C21H28N4OS/c1-13(2)16-7-9-17(10-8-16)18(24-11-5-6-14(3)12-24)19-20(26)25-21(27-19)22-15(4)23-25/h7-10,13-14,18-19H,5-6,11-12H2,1-4H3. The minimum Gasteiger partial charge on any atom is -0.294 e. The van der Waals surface area contributed by atoms with Crippen molar-refractivity contribution in [1.82, 2.24) is 19.7 Å². The van der Waals surface area contributed by atoms with Crippen molar-refractivity contribution in [3.63, 3.8) is 0 Å². The van der Waals surface area contributed by atoms with Crippen LogP contribution in [0.4, 0.5) is 0 Å². The van der Waals surface area contributed by atoms with E-state index in [0.717, 1.165) is 18.2 Å². The Kier molecular flexibility index (Phi) is 5.12. The average Bonchev–Trinajstić information content (AvgIpc) is 3.14. The minimum absolute atomic E-state index is 0.0618. The summed E-state index contributed by atoms with van der Waals surface area (Å²) in [7, 11) is 0. The van der Waals surface area contributed by atoms with Gasteiger partial charge in [0.25, 0.3) is 5.91 Å². The van der Waals surface area contributed by atoms with Gasteiger partial charge in [-0.2, -0.15) is 4.68 Å². The van der Waals surface area contributed by atoms with Crippen LogP contribution in [-0.2, 0) is 0 Å². The molecular weight excluding hydrogens is 356 g/mol. The van der Waals surface area contributed by atoms with Crippen LogP contribution in [-0.4, -0.2) is 43.9 Å². The molecule has 1 aromatic carbocycles. The van der Waals surface area contributed by atoms with Crippen LogP contribution < -0.4 is 0 Å². The summed E-state index contributed by atoms with van der Waals surface area (Å²) < 4.78 is 1.51. The van der Waals surface area contributed by atoms with Crippen LogP contribution in [0.2, 0.25) is 0 Å². The summed E-state index contributed by atoms with van der Waals surface area (Å²) in [6.45, 7) is 10.6. The van der Waals surface area contributed by atoms with Gasteiger partial charge in [0.1, 0.15) is 11.1 Å². The number of thioether (sulfide) groups is 1. The van der Waals surface area contributed by atoms with E-state index >= 15 is 0 Å². The van der Waals surface area contributed by atoms with Crippen molar-refractivity contribution in [3.8, 4) is 0 Å². The number of hydrogen-bond donors (Lipinski definition) is 0. The number of aromatic nitrogens is 3. The van der Waals surface area contributed by atoms with E-state index < -0.39 is 0 Å². The smallest absolute Gasteiger partial charge is 0.264 e. The molecule has 3 unspecified atom stereocenters. The fraction of sp³-hybridized carbons (Fsp3) is 0.571. The van der Waals surface area contributed by atoms with Crippen molar-refractivity contribution >= 4 is 17.7 Å². The van der Waals surface area contributed by atoms with Crippen LogP contribution in [0.1, 0.15) is 67.3 Å². The average molecular weight is 385 g/mol. The molecule has 0 bridgehead atoms. The SMILES string of the molecule is Cc1nc2n(n1)C(=O)C(C(c1ccc(C(C)C)cc1)N1CCCC(C)C1)S2. The van der Waals surface area contributed by atoms with E-state index in [1.165, 1.54) is 28.7 Å². The Balaban J connectivity index is 1.68. The summed E-state index contributed by atoms with van der Waals surface area (Å²) in [5, 5.41) is 4.86. The second-order valence-electron chi connectivity index (χ2n) is 8.24. The zero-order valence-electron chi connectivity index (χ0n) is 16.6. The molecule has 0 N–H and O–H groups in total. The molecule has 4 rings (SSSR count). The van der Waals surface area contributed by atoms with Gasteiger partial charge in [-0.1, -0.05) is 56.8 Å². The first kappa shape index (κ1) is 18.7. The lowest BCUT2D eigenvalue weighted by atomic mass is 9.92. The summed E-state index contributed by atoms with van der Waals surface area (Å²) in [5.41, 5.74) is 2.56. The van der Waals surface area contributed by atoms with E-state index in [1.54, 1.807) is 11.8 Å². The van der Waals surface area contributed by atoms with Crippen molar-refractivity contribution in [2.75, 3.05) is 13.1 Å². The third-order valence-electron chi connectivity index (χ3n) is 5.68. The third kappa shape index (κ3) is 3.57. The van der Waals surface area contributed by atoms with E-state index in [1.807, 2.05) is 6.92 Å². The second-order valence-corrected chi connectivity index (χ2v) is 9.35. The molecule has 27 heavy (non-hydrogen) atoms. The number of likely N-dealkylation sites (tertiary alicyclic amines) is 1. The topological polar surface area (TPSA) is 51.0 Å². The van der Waals surface area contributed by atoms with Gasteiger partial charge in [-0.25, -0.2) is 4.98 Å². The number of nitrogens with zero attached hydrogens (tertiary/aromatic N) is 4. The van der Waals surface area contributed by atoms with Crippen molar-refractivity contribution < 1.29 is 4.79 Å². The Morgan fingerprint density at radius 3 is 2.52 bits per heavy atom. The van der Waals surface area contributed by atoms with Crippen molar-refractivity contribution in [2.45, 2.75) is 62.9 Å². The molecule has 1 saturated heterocycles. The Hall–Kier alpha value is -1.66. The first-order chi connectivity index (χ1) is 12.9. The molecule has 2 aromatic rings. The number of rotatable bonds is 4. The number of aryl methyl sites for hydroxylation is 1. The highest BCUT2D eigenvalue weighted by molar-refractivity contribution is 8.00. The Labute approximate surface area is 165 Å². The molecule has 1 aromatic heterocycles. The molecule has 0 saturated carbocycles. The van der Waals surface area contributed by atoms with Crippen LogP contribution in [0.25, 0.3) is 0 Å². The van der Waals surface area contributed by atoms with Crippen LogP contribution in [0.15, 0.2) is 29.4 Å². The maximum absolute atomic E-state index is 13.1. The fourth-order valence-electron chi connectivity index (χ4n) is 4.23. The largest absolute Gasteiger partial charge is 0.294 e. The van der Waals surface area contributed by atoms with Gasteiger partial charge >= 0.3 is 0 Å². The molecule has 2 aliphatic heterocycles. The minimum atomic E-state index is -0.184. The maximum Gasteiger partial charge on any atom is 0.264 e. The lowest BCUT2D eigenvalue weighted by Crippen LogP contribution is -2.43. The maximum atomic E-state index is 13.1. The predicted molar refractivity (Wildman–Crippen MR) is 108 cm³/mol. The van der Waals surface area contributed by atoms with Gasteiger partial charge in [0.15, 0.2) is 5.16 Å². The van der Waals surface area contributed by atoms with E-state index in [-0.39, 0.29) is 17.2 Å². The lowest BCUT2D eigenvalue weighted by molar-refractivity contribution is 0.0788. The summed E-state index contributed by atoms with van der Waals surface area (Å²) in [6.07, 6.45) is 2.46. The Morgan fingerprint density at radius 2 is 1.89 bits per heavy atom. The van der Waals surface area contributed by atoms with Crippen LogP contribution in [0.3, 0.4) is 0 Å². The first-order valence-electron chi connectivity index (χ1n) is 9.92. The van der Waals surface area contributed by atoms with Crippen molar-refractivity contribution in [1.29, 1.82) is 0 Å². The number of piperidine rings is 1. The van der Waals surface area contributed by atoms with E-state index in [4.69, 9.17) is 0 Å². The molecule has 0 amide bonds. The van der Waals surface area contributed by atoms with Crippen molar-refractivity contribution in [2.24, 2.45) is 5.92 Å². The quantitative estimate of drug-likeness (QED) is 0.787. The number of carbonyl (C=O) groups is 1. The fourth-order valence-corrected chi connectivity index (χ4v) is 5.53.